The van der Waals surface area contributed by atoms with Crippen LogP contribution in [0.25, 0.3) is 0 Å². The monoisotopic (exact) mass is 289 g/mol. The highest BCUT2D eigenvalue weighted by atomic mass is 16.5. The lowest BCUT2D eigenvalue weighted by atomic mass is 9.87. The van der Waals surface area contributed by atoms with Crippen LogP contribution in [0, 0.1) is 5.92 Å². The molecule has 3 heteroatoms. The molecule has 1 saturated carbocycles. The Morgan fingerprint density at radius 2 is 1.86 bits per heavy atom. The Kier molecular flexibility index (Phi) is 5.15. The van der Waals surface area contributed by atoms with Gasteiger partial charge in [0.25, 0.3) is 0 Å². The molecule has 1 N–H and O–H groups in total. The van der Waals surface area contributed by atoms with E-state index in [-0.39, 0.29) is 0 Å². The van der Waals surface area contributed by atoms with E-state index >= 15 is 0 Å². The third-order valence-corrected chi connectivity index (χ3v) is 4.42. The molecular formula is C18H27NO2. The van der Waals surface area contributed by atoms with Gasteiger partial charge in [-0.05, 0) is 62.3 Å². The minimum Gasteiger partial charge on any atom is -0.490 e. The van der Waals surface area contributed by atoms with E-state index in [1.807, 2.05) is 0 Å². The lowest BCUT2D eigenvalue weighted by molar-refractivity contribution is 0.0536. The molecule has 0 aromatic heterocycles. The normalized spacial score (nSPS) is 21.2. The zero-order valence-electron chi connectivity index (χ0n) is 13.0. The van der Waals surface area contributed by atoms with Crippen LogP contribution in [-0.4, -0.2) is 25.9 Å². The topological polar surface area (TPSA) is 30.5 Å². The number of ether oxygens (including phenoxy) is 2. The summed E-state index contributed by atoms with van der Waals surface area (Å²) in [7, 11) is 0. The summed E-state index contributed by atoms with van der Waals surface area (Å²) in [5, 5.41) is 3.73. The Labute approximate surface area is 128 Å². The Hall–Kier alpha value is -1.06. The van der Waals surface area contributed by atoms with Gasteiger partial charge in [-0.15, -0.1) is 0 Å². The van der Waals surface area contributed by atoms with Gasteiger partial charge in [-0.1, -0.05) is 19.1 Å². The molecule has 21 heavy (non-hydrogen) atoms. The first-order valence-corrected chi connectivity index (χ1v) is 8.44. The van der Waals surface area contributed by atoms with Gasteiger partial charge in [-0.2, -0.15) is 0 Å². The van der Waals surface area contributed by atoms with Gasteiger partial charge in [0, 0.05) is 19.3 Å². The molecule has 1 unspecified atom stereocenters. The molecule has 2 aliphatic rings. The molecule has 3 rings (SSSR count). The first-order valence-electron chi connectivity index (χ1n) is 8.44. The van der Waals surface area contributed by atoms with Crippen LogP contribution in [0.15, 0.2) is 24.3 Å². The van der Waals surface area contributed by atoms with Crippen molar-refractivity contribution in [3.63, 3.8) is 0 Å². The van der Waals surface area contributed by atoms with Crippen LogP contribution >= 0.6 is 0 Å². The summed E-state index contributed by atoms with van der Waals surface area (Å²) < 4.78 is 11.4. The first kappa shape index (κ1) is 14.9. The molecule has 1 aliphatic heterocycles. The molecule has 0 bridgehead atoms. The maximum Gasteiger partial charge on any atom is 0.119 e. The third-order valence-electron chi connectivity index (χ3n) is 4.42. The van der Waals surface area contributed by atoms with E-state index in [1.54, 1.807) is 0 Å². The third kappa shape index (κ3) is 4.21. The molecule has 1 aliphatic carbocycles. The van der Waals surface area contributed by atoms with Crippen molar-refractivity contribution in [1.82, 2.24) is 5.32 Å². The average molecular weight is 289 g/mol. The number of hydrogen-bond donors (Lipinski definition) is 1. The summed E-state index contributed by atoms with van der Waals surface area (Å²) in [4.78, 5) is 0. The summed E-state index contributed by atoms with van der Waals surface area (Å²) in [5.41, 5.74) is 1.39. The van der Waals surface area contributed by atoms with E-state index in [0.29, 0.717) is 18.1 Å². The van der Waals surface area contributed by atoms with Crippen LogP contribution < -0.4 is 10.1 Å². The fraction of sp³-hybridized carbons (Fsp3) is 0.667. The van der Waals surface area contributed by atoms with E-state index in [4.69, 9.17) is 9.47 Å². The molecule has 0 spiro atoms. The van der Waals surface area contributed by atoms with E-state index in [9.17, 15) is 0 Å². The van der Waals surface area contributed by atoms with Crippen molar-refractivity contribution in [3.8, 4) is 5.75 Å². The van der Waals surface area contributed by atoms with Crippen molar-refractivity contribution in [3.05, 3.63) is 29.8 Å². The Balaban J connectivity index is 1.67. The second-order valence-corrected chi connectivity index (χ2v) is 6.27. The van der Waals surface area contributed by atoms with Crippen LogP contribution in [0.1, 0.15) is 50.6 Å². The summed E-state index contributed by atoms with van der Waals surface area (Å²) in [6.45, 7) is 5.10. The molecule has 0 radical (unpaired) electrons. The second-order valence-electron chi connectivity index (χ2n) is 6.27. The molecule has 3 nitrogen and oxygen atoms in total. The molecule has 1 aromatic carbocycles. The minimum absolute atomic E-state index is 0.448. The van der Waals surface area contributed by atoms with Crippen molar-refractivity contribution in [1.29, 1.82) is 0 Å². The van der Waals surface area contributed by atoms with E-state index in [0.717, 1.165) is 38.3 Å². The number of nitrogens with one attached hydrogen (secondary N) is 1. The Morgan fingerprint density at radius 3 is 2.48 bits per heavy atom. The van der Waals surface area contributed by atoms with Gasteiger partial charge >= 0.3 is 0 Å². The highest BCUT2D eigenvalue weighted by molar-refractivity contribution is 5.30. The highest BCUT2D eigenvalue weighted by Crippen LogP contribution is 2.32. The molecule has 0 amide bonds. The van der Waals surface area contributed by atoms with Crippen LogP contribution in [0.4, 0.5) is 0 Å². The molecule has 1 atom stereocenters. The van der Waals surface area contributed by atoms with Gasteiger partial charge < -0.3 is 14.8 Å². The molecule has 116 valence electrons. The quantitative estimate of drug-likeness (QED) is 0.830. The minimum atomic E-state index is 0.448. The molecule has 1 aromatic rings. The van der Waals surface area contributed by atoms with Crippen molar-refractivity contribution < 1.29 is 9.47 Å². The maximum absolute atomic E-state index is 5.85. The second kappa shape index (κ2) is 7.28. The molecule has 1 heterocycles. The fourth-order valence-corrected chi connectivity index (χ4v) is 3.04. The fourth-order valence-electron chi connectivity index (χ4n) is 3.04. The van der Waals surface area contributed by atoms with Crippen LogP contribution in [-0.2, 0) is 4.74 Å². The zero-order chi connectivity index (χ0) is 14.5. The van der Waals surface area contributed by atoms with Gasteiger partial charge in [0.05, 0.1) is 6.10 Å². The van der Waals surface area contributed by atoms with Crippen LogP contribution in [0.3, 0.4) is 0 Å². The van der Waals surface area contributed by atoms with Crippen molar-refractivity contribution in [2.45, 2.75) is 51.2 Å². The average Bonchev–Trinajstić information content (AvgIpc) is 3.34. The number of hydrogen-bond acceptors (Lipinski definition) is 3. The van der Waals surface area contributed by atoms with Crippen LogP contribution in [0.2, 0.25) is 0 Å². The van der Waals surface area contributed by atoms with E-state index in [2.05, 4.69) is 36.5 Å². The lowest BCUT2D eigenvalue weighted by Gasteiger charge is -2.31. The summed E-state index contributed by atoms with van der Waals surface area (Å²) in [6.07, 6.45) is 6.38. The number of rotatable bonds is 7. The number of benzene rings is 1. The molecule has 1 saturated heterocycles. The predicted molar refractivity (Wildman–Crippen MR) is 84.7 cm³/mol. The van der Waals surface area contributed by atoms with Gasteiger partial charge in [0.2, 0.25) is 0 Å². The highest BCUT2D eigenvalue weighted by Gasteiger charge is 2.26. The zero-order valence-corrected chi connectivity index (χ0v) is 13.0. The van der Waals surface area contributed by atoms with Gasteiger partial charge in [-0.25, -0.2) is 0 Å². The smallest absolute Gasteiger partial charge is 0.119 e. The first-order chi connectivity index (χ1) is 10.4. The predicted octanol–water partition coefficient (Wildman–Crippen LogP) is 3.70. The van der Waals surface area contributed by atoms with Crippen molar-refractivity contribution in [2.75, 3.05) is 19.8 Å². The van der Waals surface area contributed by atoms with E-state index in [1.165, 1.54) is 24.8 Å². The van der Waals surface area contributed by atoms with Gasteiger partial charge in [0.15, 0.2) is 0 Å². The van der Waals surface area contributed by atoms with Gasteiger partial charge in [0.1, 0.15) is 5.75 Å². The Bertz CT molecular complexity index is 421. The lowest BCUT2D eigenvalue weighted by Crippen LogP contribution is -2.32. The van der Waals surface area contributed by atoms with E-state index < -0.39 is 0 Å². The summed E-state index contributed by atoms with van der Waals surface area (Å²) >= 11 is 0. The summed E-state index contributed by atoms with van der Waals surface area (Å²) in [5.74, 6) is 1.70. The van der Waals surface area contributed by atoms with Crippen molar-refractivity contribution >= 4 is 0 Å². The Morgan fingerprint density at radius 1 is 1.14 bits per heavy atom. The van der Waals surface area contributed by atoms with Gasteiger partial charge in [-0.3, -0.25) is 0 Å². The largest absolute Gasteiger partial charge is 0.490 e. The van der Waals surface area contributed by atoms with Crippen molar-refractivity contribution in [2.24, 2.45) is 5.92 Å². The maximum atomic E-state index is 5.85. The molecule has 2 fully saturated rings. The standard InChI is InChI=1S/C18H27NO2/c1-2-11-19-18(15-9-12-20-13-10-15)14-3-5-16(6-4-14)21-17-7-8-17/h3-6,15,17-19H,2,7-13H2,1H3. The molecular weight excluding hydrogens is 262 g/mol. The summed E-state index contributed by atoms with van der Waals surface area (Å²) in [6, 6.07) is 9.19. The van der Waals surface area contributed by atoms with Crippen LogP contribution in [0.5, 0.6) is 5.75 Å². The SMILES string of the molecule is CCCNC(c1ccc(OC2CC2)cc1)C1CCOCC1.